The summed E-state index contributed by atoms with van der Waals surface area (Å²) >= 11 is 0. The number of aliphatic hydroxyl groups excluding tert-OH is 1. The molecule has 2 fully saturated rings. The van der Waals surface area contributed by atoms with Crippen molar-refractivity contribution < 1.29 is 9.90 Å². The molecule has 0 radical (unpaired) electrons. The molecule has 2 aromatic carbocycles. The Morgan fingerprint density at radius 2 is 1.75 bits per heavy atom. The minimum absolute atomic E-state index is 0.00221. The van der Waals surface area contributed by atoms with Crippen molar-refractivity contribution in [3.63, 3.8) is 0 Å². The van der Waals surface area contributed by atoms with Gasteiger partial charge in [-0.25, -0.2) is 5.43 Å². The van der Waals surface area contributed by atoms with E-state index in [1.807, 2.05) is 29.2 Å². The van der Waals surface area contributed by atoms with E-state index in [1.165, 1.54) is 11.1 Å². The van der Waals surface area contributed by atoms with Gasteiger partial charge in [0, 0.05) is 25.0 Å². The summed E-state index contributed by atoms with van der Waals surface area (Å²) < 4.78 is 0. The zero-order chi connectivity index (χ0) is 19.1. The Bertz CT molecular complexity index is 861. The lowest BCUT2D eigenvalue weighted by molar-refractivity contribution is -0.137. The van der Waals surface area contributed by atoms with Crippen LogP contribution in [0.3, 0.4) is 0 Å². The Labute approximate surface area is 165 Å². The van der Waals surface area contributed by atoms with E-state index in [2.05, 4.69) is 41.2 Å². The number of hydrogen-bond donors (Lipinski definition) is 3. The molecule has 28 heavy (non-hydrogen) atoms. The van der Waals surface area contributed by atoms with Crippen LogP contribution in [0.5, 0.6) is 0 Å². The number of nitrogens with one attached hydrogen (secondary N) is 2. The molecule has 0 saturated carbocycles. The molecule has 1 amide bonds. The fraction of sp³-hybridized carbons (Fsp3) is 0.435. The Morgan fingerprint density at radius 1 is 1.04 bits per heavy atom. The second kappa shape index (κ2) is 6.99. The number of rotatable bonds is 2. The van der Waals surface area contributed by atoms with Crippen molar-refractivity contribution in [1.29, 1.82) is 0 Å². The van der Waals surface area contributed by atoms with Crippen LogP contribution in [0.25, 0.3) is 0 Å². The van der Waals surface area contributed by atoms with Crippen molar-refractivity contribution in [1.82, 2.24) is 15.8 Å². The Kier molecular flexibility index (Phi) is 4.46. The van der Waals surface area contributed by atoms with Crippen LogP contribution in [0.1, 0.15) is 35.6 Å². The molecule has 1 spiro atoms. The molecule has 3 unspecified atom stereocenters. The summed E-state index contributed by atoms with van der Waals surface area (Å²) in [4.78, 5) is 15.3. The number of amides is 1. The van der Waals surface area contributed by atoms with Gasteiger partial charge in [-0.2, -0.15) is 0 Å². The molecule has 3 aliphatic rings. The van der Waals surface area contributed by atoms with Crippen LogP contribution in [0.2, 0.25) is 0 Å². The van der Waals surface area contributed by atoms with Crippen LogP contribution in [0, 0.1) is 5.92 Å². The molecular formula is C23H27N3O2. The lowest BCUT2D eigenvalue weighted by atomic mass is 9.72. The van der Waals surface area contributed by atoms with E-state index in [0.29, 0.717) is 19.6 Å². The first-order valence-corrected chi connectivity index (χ1v) is 10.3. The van der Waals surface area contributed by atoms with E-state index in [9.17, 15) is 9.90 Å². The number of carbonyl (C=O) groups is 1. The fourth-order valence-corrected chi connectivity index (χ4v) is 5.43. The predicted molar refractivity (Wildman–Crippen MR) is 107 cm³/mol. The Morgan fingerprint density at radius 3 is 2.54 bits per heavy atom. The van der Waals surface area contributed by atoms with Gasteiger partial charge in [0.05, 0.1) is 18.1 Å². The summed E-state index contributed by atoms with van der Waals surface area (Å²) in [5.41, 5.74) is 9.96. The molecule has 2 heterocycles. The number of likely N-dealkylation sites (tertiary alicyclic amines) is 1. The first-order valence-electron chi connectivity index (χ1n) is 10.3. The summed E-state index contributed by atoms with van der Waals surface area (Å²) in [7, 11) is 0. The summed E-state index contributed by atoms with van der Waals surface area (Å²) in [6.45, 7) is 2.07. The van der Waals surface area contributed by atoms with E-state index in [-0.39, 0.29) is 29.4 Å². The number of hydrazine groups is 1. The maximum absolute atomic E-state index is 13.3. The summed E-state index contributed by atoms with van der Waals surface area (Å²) in [5.74, 6) is 0.110. The first kappa shape index (κ1) is 17.9. The molecule has 2 aromatic rings. The van der Waals surface area contributed by atoms with Crippen molar-refractivity contribution in [2.24, 2.45) is 5.92 Å². The van der Waals surface area contributed by atoms with Crippen molar-refractivity contribution in [3.05, 3.63) is 71.3 Å². The molecule has 1 aliphatic carbocycles. The van der Waals surface area contributed by atoms with Gasteiger partial charge in [-0.15, -0.1) is 0 Å². The van der Waals surface area contributed by atoms with Gasteiger partial charge in [0.2, 0.25) is 5.91 Å². The molecule has 146 valence electrons. The van der Waals surface area contributed by atoms with Crippen molar-refractivity contribution in [3.8, 4) is 0 Å². The van der Waals surface area contributed by atoms with Gasteiger partial charge in [-0.3, -0.25) is 10.2 Å². The second-order valence-corrected chi connectivity index (χ2v) is 8.38. The van der Waals surface area contributed by atoms with Gasteiger partial charge in [-0.05, 0) is 36.0 Å². The van der Waals surface area contributed by atoms with Crippen molar-refractivity contribution in [2.45, 2.75) is 36.8 Å². The summed E-state index contributed by atoms with van der Waals surface area (Å²) in [6.07, 6.45) is 2.06. The lowest BCUT2D eigenvalue weighted by Gasteiger charge is -2.43. The highest BCUT2D eigenvalue weighted by Gasteiger charge is 2.49. The first-order chi connectivity index (χ1) is 13.7. The highest BCUT2D eigenvalue weighted by atomic mass is 16.3. The number of fused-ring (bicyclic) bond motifs is 2. The largest absolute Gasteiger partial charge is 0.392 e. The van der Waals surface area contributed by atoms with Gasteiger partial charge in [0.25, 0.3) is 0 Å². The molecule has 2 saturated heterocycles. The standard InChI is InChI=1S/C23H27N3O2/c27-20-14-17-8-4-5-9-19(17)23(20)10-12-26(13-11-23)22(28)18-15-24-25-21(18)16-6-2-1-3-7-16/h1-9,18,20-21,24-25,27H,10-15H2. The third kappa shape index (κ3) is 2.77. The third-order valence-corrected chi connectivity index (χ3v) is 7.03. The number of benzene rings is 2. The average Bonchev–Trinajstić information content (AvgIpc) is 3.33. The van der Waals surface area contributed by atoms with Crippen LogP contribution < -0.4 is 10.9 Å². The average molecular weight is 377 g/mol. The number of piperidine rings is 1. The zero-order valence-corrected chi connectivity index (χ0v) is 16.0. The van der Waals surface area contributed by atoms with Crippen LogP contribution in [-0.4, -0.2) is 41.7 Å². The van der Waals surface area contributed by atoms with E-state index in [1.54, 1.807) is 0 Å². The molecule has 0 bridgehead atoms. The van der Waals surface area contributed by atoms with Crippen LogP contribution in [0.4, 0.5) is 0 Å². The number of nitrogens with zero attached hydrogens (tertiary/aromatic N) is 1. The van der Waals surface area contributed by atoms with E-state index >= 15 is 0 Å². The summed E-state index contributed by atoms with van der Waals surface area (Å²) in [5, 5.41) is 10.8. The van der Waals surface area contributed by atoms with Crippen LogP contribution in [-0.2, 0) is 16.6 Å². The smallest absolute Gasteiger partial charge is 0.229 e. The Balaban J connectivity index is 1.31. The molecule has 3 N–H and O–H groups in total. The lowest BCUT2D eigenvalue weighted by Crippen LogP contribution is -2.51. The maximum atomic E-state index is 13.3. The SMILES string of the molecule is O=C(C1CNNC1c1ccccc1)N1CCC2(CC1)c1ccccc1CC2O. The molecule has 2 aliphatic heterocycles. The topological polar surface area (TPSA) is 64.6 Å². The minimum atomic E-state index is -0.339. The van der Waals surface area contributed by atoms with Crippen LogP contribution >= 0.6 is 0 Å². The van der Waals surface area contributed by atoms with Crippen LogP contribution in [0.15, 0.2) is 54.6 Å². The highest BCUT2D eigenvalue weighted by molar-refractivity contribution is 5.80. The molecule has 0 aromatic heterocycles. The molecule has 3 atom stereocenters. The molecule has 5 rings (SSSR count). The number of hydrogen-bond acceptors (Lipinski definition) is 4. The normalized spacial score (nSPS) is 28.5. The molecular weight excluding hydrogens is 350 g/mol. The van der Waals surface area contributed by atoms with Gasteiger partial charge in [0.1, 0.15) is 0 Å². The van der Waals surface area contributed by atoms with Gasteiger partial charge in [-0.1, -0.05) is 54.6 Å². The summed E-state index contributed by atoms with van der Waals surface area (Å²) in [6, 6.07) is 18.6. The van der Waals surface area contributed by atoms with Crippen molar-refractivity contribution >= 4 is 5.91 Å². The zero-order valence-electron chi connectivity index (χ0n) is 16.0. The third-order valence-electron chi connectivity index (χ3n) is 7.03. The molecule has 5 heteroatoms. The van der Waals surface area contributed by atoms with E-state index < -0.39 is 0 Å². The van der Waals surface area contributed by atoms with E-state index in [0.717, 1.165) is 24.8 Å². The quantitative estimate of drug-likeness (QED) is 0.748. The maximum Gasteiger partial charge on any atom is 0.229 e. The van der Waals surface area contributed by atoms with Gasteiger partial charge < -0.3 is 10.0 Å². The Hall–Kier alpha value is -2.21. The highest BCUT2D eigenvalue weighted by Crippen LogP contribution is 2.46. The number of carbonyl (C=O) groups excluding carboxylic acids is 1. The van der Waals surface area contributed by atoms with E-state index in [4.69, 9.17) is 0 Å². The van der Waals surface area contributed by atoms with Crippen molar-refractivity contribution in [2.75, 3.05) is 19.6 Å². The molecule has 5 nitrogen and oxygen atoms in total. The second-order valence-electron chi connectivity index (χ2n) is 8.38. The van der Waals surface area contributed by atoms with Gasteiger partial charge in [0.15, 0.2) is 0 Å². The monoisotopic (exact) mass is 377 g/mol. The fourth-order valence-electron chi connectivity index (χ4n) is 5.43. The van der Waals surface area contributed by atoms with Gasteiger partial charge >= 0.3 is 0 Å². The number of aliphatic hydroxyl groups is 1. The predicted octanol–water partition coefficient (Wildman–Crippen LogP) is 1.93. The minimum Gasteiger partial charge on any atom is -0.392 e.